The third kappa shape index (κ3) is 3.92. The molecule has 114 valence electrons. The van der Waals surface area contributed by atoms with Crippen LogP contribution in [0.3, 0.4) is 0 Å². The number of hydrogen-bond donors (Lipinski definition) is 1. The predicted octanol–water partition coefficient (Wildman–Crippen LogP) is 4.11. The van der Waals surface area contributed by atoms with Crippen molar-refractivity contribution < 1.29 is 13.9 Å². The van der Waals surface area contributed by atoms with Crippen LogP contribution in [-0.2, 0) is 6.61 Å². The van der Waals surface area contributed by atoms with E-state index < -0.39 is 11.6 Å². The molecule has 0 atom stereocenters. The summed E-state index contributed by atoms with van der Waals surface area (Å²) in [4.78, 5) is 1.83. The van der Waals surface area contributed by atoms with Gasteiger partial charge in [0.2, 0.25) is 0 Å². The first-order valence-electron chi connectivity index (χ1n) is 7.29. The Balaban J connectivity index is 3.25. The molecule has 0 amide bonds. The first-order valence-corrected chi connectivity index (χ1v) is 7.29. The first kappa shape index (κ1) is 16.9. The Labute approximate surface area is 120 Å². The quantitative estimate of drug-likeness (QED) is 0.815. The van der Waals surface area contributed by atoms with Crippen molar-refractivity contribution >= 4 is 5.69 Å². The molecule has 0 saturated heterocycles. The Morgan fingerprint density at radius 2 is 1.60 bits per heavy atom. The van der Waals surface area contributed by atoms with E-state index in [2.05, 4.69) is 0 Å². The molecule has 1 rings (SSSR count). The van der Waals surface area contributed by atoms with Gasteiger partial charge in [0.25, 0.3) is 0 Å². The number of hydrogen-bond acceptors (Lipinski definition) is 2. The van der Waals surface area contributed by atoms with Crippen LogP contribution in [0.2, 0.25) is 0 Å². The van der Waals surface area contributed by atoms with Gasteiger partial charge in [0.15, 0.2) is 0 Å². The number of aliphatic hydroxyl groups is 1. The van der Waals surface area contributed by atoms with E-state index in [1.807, 2.05) is 32.6 Å². The standard InChI is InChI=1S/C16H25F2NO/c1-5-13(6-2)19(9-11(3)4)16-14(17)7-12(10-20)8-15(16)18/h7-8,11,13,20H,5-6,9-10H2,1-4H3. The van der Waals surface area contributed by atoms with Gasteiger partial charge < -0.3 is 10.0 Å². The van der Waals surface area contributed by atoms with Gasteiger partial charge in [-0.1, -0.05) is 27.7 Å². The molecule has 0 radical (unpaired) electrons. The van der Waals surface area contributed by atoms with Crippen molar-refractivity contribution in [2.75, 3.05) is 11.4 Å². The highest BCUT2D eigenvalue weighted by atomic mass is 19.1. The van der Waals surface area contributed by atoms with Crippen LogP contribution in [0.4, 0.5) is 14.5 Å². The smallest absolute Gasteiger partial charge is 0.149 e. The van der Waals surface area contributed by atoms with Crippen LogP contribution < -0.4 is 4.90 Å². The Morgan fingerprint density at radius 3 is 1.95 bits per heavy atom. The lowest BCUT2D eigenvalue weighted by atomic mass is 10.0. The molecule has 1 N–H and O–H groups in total. The lowest BCUT2D eigenvalue weighted by Gasteiger charge is -2.34. The Hall–Kier alpha value is -1.16. The van der Waals surface area contributed by atoms with Gasteiger partial charge in [-0.15, -0.1) is 0 Å². The monoisotopic (exact) mass is 285 g/mol. The maximum absolute atomic E-state index is 14.2. The van der Waals surface area contributed by atoms with Gasteiger partial charge in [0.1, 0.15) is 17.3 Å². The molecule has 2 nitrogen and oxygen atoms in total. The maximum atomic E-state index is 14.2. The summed E-state index contributed by atoms with van der Waals surface area (Å²) in [6.45, 7) is 8.38. The van der Waals surface area contributed by atoms with E-state index in [-0.39, 0.29) is 23.9 Å². The molecular weight excluding hydrogens is 260 g/mol. The van der Waals surface area contributed by atoms with E-state index in [4.69, 9.17) is 5.11 Å². The van der Waals surface area contributed by atoms with Crippen molar-refractivity contribution in [2.24, 2.45) is 5.92 Å². The third-order valence-electron chi connectivity index (χ3n) is 3.49. The zero-order chi connectivity index (χ0) is 15.3. The van der Waals surface area contributed by atoms with Crippen LogP contribution in [0.5, 0.6) is 0 Å². The minimum atomic E-state index is -0.596. The van der Waals surface area contributed by atoms with Crippen LogP contribution in [-0.4, -0.2) is 17.7 Å². The third-order valence-corrected chi connectivity index (χ3v) is 3.49. The minimum Gasteiger partial charge on any atom is -0.392 e. The fraction of sp³-hybridized carbons (Fsp3) is 0.625. The molecule has 0 aliphatic heterocycles. The van der Waals surface area contributed by atoms with Gasteiger partial charge in [0.05, 0.1) is 6.61 Å². The fourth-order valence-corrected chi connectivity index (χ4v) is 2.53. The Morgan fingerprint density at radius 1 is 1.10 bits per heavy atom. The maximum Gasteiger partial charge on any atom is 0.149 e. The average Bonchev–Trinajstić information content (AvgIpc) is 2.38. The summed E-state index contributed by atoms with van der Waals surface area (Å²) in [5.74, 6) is -0.880. The summed E-state index contributed by atoms with van der Waals surface area (Å²) in [6, 6.07) is 2.55. The van der Waals surface area contributed by atoms with Gasteiger partial charge in [-0.25, -0.2) is 8.78 Å². The van der Waals surface area contributed by atoms with Gasteiger partial charge >= 0.3 is 0 Å². The van der Waals surface area contributed by atoms with Crippen LogP contribution in [0.25, 0.3) is 0 Å². The summed E-state index contributed by atoms with van der Waals surface area (Å²) in [5.41, 5.74) is 0.294. The molecular formula is C16H25F2NO. The molecule has 0 aromatic heterocycles. The van der Waals surface area contributed by atoms with Crippen molar-refractivity contribution in [1.29, 1.82) is 0 Å². The van der Waals surface area contributed by atoms with Crippen LogP contribution >= 0.6 is 0 Å². The second-order valence-corrected chi connectivity index (χ2v) is 5.58. The van der Waals surface area contributed by atoms with E-state index in [0.29, 0.717) is 12.5 Å². The largest absolute Gasteiger partial charge is 0.392 e. The first-order chi connectivity index (χ1) is 9.44. The second-order valence-electron chi connectivity index (χ2n) is 5.58. The zero-order valence-corrected chi connectivity index (χ0v) is 12.8. The number of rotatable bonds is 7. The van der Waals surface area contributed by atoms with Crippen LogP contribution in [0.15, 0.2) is 12.1 Å². The predicted molar refractivity (Wildman–Crippen MR) is 78.8 cm³/mol. The number of aliphatic hydroxyl groups excluding tert-OH is 1. The molecule has 1 aromatic carbocycles. The van der Waals surface area contributed by atoms with E-state index in [9.17, 15) is 8.78 Å². The minimum absolute atomic E-state index is 0.0320. The normalized spacial score (nSPS) is 11.4. The summed E-state index contributed by atoms with van der Waals surface area (Å²) >= 11 is 0. The lowest BCUT2D eigenvalue weighted by molar-refractivity contribution is 0.280. The SMILES string of the molecule is CCC(CC)N(CC(C)C)c1c(F)cc(CO)cc1F. The molecule has 0 aliphatic carbocycles. The summed E-state index contributed by atoms with van der Waals surface area (Å²) < 4.78 is 28.5. The van der Waals surface area contributed by atoms with E-state index in [1.165, 1.54) is 12.1 Å². The lowest BCUT2D eigenvalue weighted by Crippen LogP contribution is -2.38. The van der Waals surface area contributed by atoms with Gasteiger partial charge in [-0.2, -0.15) is 0 Å². The molecule has 0 unspecified atom stereocenters. The zero-order valence-electron chi connectivity index (χ0n) is 12.8. The number of benzene rings is 1. The second kappa shape index (κ2) is 7.58. The average molecular weight is 285 g/mol. The molecule has 4 heteroatoms. The van der Waals surface area contributed by atoms with Crippen molar-refractivity contribution in [3.05, 3.63) is 29.3 Å². The molecule has 20 heavy (non-hydrogen) atoms. The highest BCUT2D eigenvalue weighted by molar-refractivity contribution is 5.51. The molecule has 0 spiro atoms. The van der Waals surface area contributed by atoms with Gasteiger partial charge in [-0.3, -0.25) is 0 Å². The van der Waals surface area contributed by atoms with E-state index >= 15 is 0 Å². The van der Waals surface area contributed by atoms with Gasteiger partial charge in [0, 0.05) is 12.6 Å². The molecule has 0 heterocycles. The molecule has 0 fully saturated rings. The van der Waals surface area contributed by atoms with Crippen molar-refractivity contribution in [1.82, 2.24) is 0 Å². The van der Waals surface area contributed by atoms with Crippen molar-refractivity contribution in [2.45, 2.75) is 53.2 Å². The highest BCUT2D eigenvalue weighted by Crippen LogP contribution is 2.29. The summed E-state index contributed by atoms with van der Waals surface area (Å²) in [7, 11) is 0. The van der Waals surface area contributed by atoms with Gasteiger partial charge in [-0.05, 0) is 36.5 Å². The number of anilines is 1. The van der Waals surface area contributed by atoms with Crippen molar-refractivity contribution in [3.8, 4) is 0 Å². The number of nitrogens with zero attached hydrogens (tertiary/aromatic N) is 1. The Kier molecular flexibility index (Phi) is 6.40. The van der Waals surface area contributed by atoms with E-state index in [1.54, 1.807) is 0 Å². The van der Waals surface area contributed by atoms with Crippen molar-refractivity contribution in [3.63, 3.8) is 0 Å². The topological polar surface area (TPSA) is 23.5 Å². The molecule has 0 saturated carbocycles. The fourth-order valence-electron chi connectivity index (χ4n) is 2.53. The highest BCUT2D eigenvalue weighted by Gasteiger charge is 2.23. The van der Waals surface area contributed by atoms with E-state index in [0.717, 1.165) is 12.8 Å². The molecule has 0 aliphatic rings. The van der Waals surface area contributed by atoms with Crippen LogP contribution in [0.1, 0.15) is 46.1 Å². The summed E-state index contributed by atoms with van der Waals surface area (Å²) in [5, 5.41) is 9.02. The van der Waals surface area contributed by atoms with Crippen LogP contribution in [0, 0.1) is 17.6 Å². The Bertz CT molecular complexity index is 407. The summed E-state index contributed by atoms with van der Waals surface area (Å²) in [6.07, 6.45) is 1.67. The number of halogens is 2. The molecule has 1 aromatic rings. The molecule has 0 bridgehead atoms.